The van der Waals surface area contributed by atoms with Crippen molar-refractivity contribution in [2.24, 2.45) is 0 Å². The molecule has 4 rings (SSSR count). The summed E-state index contributed by atoms with van der Waals surface area (Å²) in [6, 6.07) is 21.0. The average Bonchev–Trinajstić information content (AvgIpc) is 3.35. The van der Waals surface area contributed by atoms with Crippen molar-refractivity contribution in [1.29, 1.82) is 0 Å². The number of nitrogens with zero attached hydrogens (tertiary/aromatic N) is 4. The van der Waals surface area contributed by atoms with E-state index in [2.05, 4.69) is 15.5 Å². The molecular weight excluding hydrogens is 326 g/mol. The molecule has 0 unspecified atom stereocenters. The molecule has 0 aliphatic carbocycles. The topological polar surface area (TPSA) is 64.7 Å². The van der Waals surface area contributed by atoms with Crippen molar-refractivity contribution in [3.8, 4) is 5.69 Å². The normalized spacial score (nSPS) is 10.6. The summed E-state index contributed by atoms with van der Waals surface area (Å²) in [5, 5.41) is 11.4. The zero-order valence-corrected chi connectivity index (χ0v) is 14.0. The fourth-order valence-corrected chi connectivity index (χ4v) is 2.69. The Morgan fingerprint density at radius 3 is 2.65 bits per heavy atom. The molecule has 0 atom stereocenters. The van der Waals surface area contributed by atoms with Crippen LogP contribution in [0.4, 0.5) is 5.69 Å². The molecule has 128 valence electrons. The molecule has 0 saturated carbocycles. The van der Waals surface area contributed by atoms with Gasteiger partial charge < -0.3 is 5.32 Å². The Morgan fingerprint density at radius 1 is 0.962 bits per heavy atom. The van der Waals surface area contributed by atoms with Crippen molar-refractivity contribution < 1.29 is 4.79 Å². The number of carbonyl (C=O) groups is 1. The molecule has 6 nitrogen and oxygen atoms in total. The number of hydrogen-bond acceptors (Lipinski definition) is 3. The van der Waals surface area contributed by atoms with Gasteiger partial charge in [0.05, 0.1) is 12.2 Å². The van der Waals surface area contributed by atoms with Gasteiger partial charge in [0.1, 0.15) is 0 Å². The van der Waals surface area contributed by atoms with Crippen LogP contribution >= 0.6 is 0 Å². The second-order valence-corrected chi connectivity index (χ2v) is 5.84. The van der Waals surface area contributed by atoms with Gasteiger partial charge >= 0.3 is 0 Å². The predicted octanol–water partition coefficient (Wildman–Crippen LogP) is 3.37. The highest BCUT2D eigenvalue weighted by molar-refractivity contribution is 6.02. The SMILES string of the molecule is O=C(Nc1cccc(Cn2cccn2)c1)c1ccn(-c2ccccc2)n1. The monoisotopic (exact) mass is 343 g/mol. The largest absolute Gasteiger partial charge is 0.321 e. The zero-order valence-electron chi connectivity index (χ0n) is 14.0. The summed E-state index contributed by atoms with van der Waals surface area (Å²) >= 11 is 0. The standard InChI is InChI=1S/C20H17N5O/c26-20(19-10-13-25(23-19)18-8-2-1-3-9-18)22-17-7-4-6-16(14-17)15-24-12-5-11-21-24/h1-14H,15H2,(H,22,26). The minimum absolute atomic E-state index is 0.240. The minimum Gasteiger partial charge on any atom is -0.321 e. The third-order valence-electron chi connectivity index (χ3n) is 3.93. The summed E-state index contributed by atoms with van der Waals surface area (Å²) in [5.74, 6) is -0.240. The lowest BCUT2D eigenvalue weighted by Crippen LogP contribution is -2.13. The summed E-state index contributed by atoms with van der Waals surface area (Å²) in [7, 11) is 0. The highest BCUT2D eigenvalue weighted by Crippen LogP contribution is 2.14. The van der Waals surface area contributed by atoms with Gasteiger partial charge in [-0.15, -0.1) is 0 Å². The minimum atomic E-state index is -0.240. The zero-order chi connectivity index (χ0) is 17.8. The molecule has 0 aliphatic rings. The highest BCUT2D eigenvalue weighted by atomic mass is 16.1. The average molecular weight is 343 g/mol. The Morgan fingerprint density at radius 2 is 1.85 bits per heavy atom. The van der Waals surface area contributed by atoms with Crippen LogP contribution in [0.25, 0.3) is 5.69 Å². The van der Waals surface area contributed by atoms with Gasteiger partial charge in [0.25, 0.3) is 5.91 Å². The van der Waals surface area contributed by atoms with Crippen LogP contribution in [-0.4, -0.2) is 25.5 Å². The van der Waals surface area contributed by atoms with E-state index in [1.165, 1.54) is 0 Å². The van der Waals surface area contributed by atoms with Gasteiger partial charge in [0.2, 0.25) is 0 Å². The van der Waals surface area contributed by atoms with E-state index in [1.54, 1.807) is 23.1 Å². The first-order chi connectivity index (χ1) is 12.8. The molecule has 2 aromatic carbocycles. The quantitative estimate of drug-likeness (QED) is 0.604. The van der Waals surface area contributed by atoms with E-state index in [1.807, 2.05) is 71.5 Å². The van der Waals surface area contributed by atoms with Crippen LogP contribution < -0.4 is 5.32 Å². The number of hydrogen-bond donors (Lipinski definition) is 1. The predicted molar refractivity (Wildman–Crippen MR) is 99.3 cm³/mol. The Balaban J connectivity index is 1.47. The number of aromatic nitrogens is 4. The van der Waals surface area contributed by atoms with Crippen LogP contribution in [0, 0.1) is 0 Å². The summed E-state index contributed by atoms with van der Waals surface area (Å²) in [5.41, 5.74) is 3.06. The van der Waals surface area contributed by atoms with Crippen LogP contribution in [0.2, 0.25) is 0 Å². The number of benzene rings is 2. The molecule has 0 spiro atoms. The van der Waals surface area contributed by atoms with Crippen molar-refractivity contribution in [3.05, 3.63) is 96.6 Å². The smallest absolute Gasteiger partial charge is 0.276 e. The molecule has 0 aliphatic heterocycles. The molecule has 4 aromatic rings. The molecule has 0 fully saturated rings. The first kappa shape index (κ1) is 15.8. The van der Waals surface area contributed by atoms with Gasteiger partial charge in [-0.1, -0.05) is 30.3 Å². The third kappa shape index (κ3) is 3.54. The van der Waals surface area contributed by atoms with Crippen LogP contribution in [0.5, 0.6) is 0 Å². The molecule has 0 saturated heterocycles. The van der Waals surface area contributed by atoms with E-state index in [0.717, 1.165) is 16.9 Å². The fourth-order valence-electron chi connectivity index (χ4n) is 2.69. The number of amides is 1. The molecule has 0 radical (unpaired) electrons. The van der Waals surface area contributed by atoms with Gasteiger partial charge in [-0.25, -0.2) is 4.68 Å². The van der Waals surface area contributed by atoms with E-state index >= 15 is 0 Å². The van der Waals surface area contributed by atoms with E-state index in [9.17, 15) is 4.79 Å². The van der Waals surface area contributed by atoms with Crippen molar-refractivity contribution in [3.63, 3.8) is 0 Å². The van der Waals surface area contributed by atoms with E-state index in [4.69, 9.17) is 0 Å². The first-order valence-electron chi connectivity index (χ1n) is 8.27. The maximum atomic E-state index is 12.5. The second-order valence-electron chi connectivity index (χ2n) is 5.84. The van der Waals surface area contributed by atoms with Gasteiger partial charge in [0.15, 0.2) is 5.69 Å². The lowest BCUT2D eigenvalue weighted by atomic mass is 10.2. The maximum Gasteiger partial charge on any atom is 0.276 e. The lowest BCUT2D eigenvalue weighted by Gasteiger charge is -2.07. The summed E-state index contributed by atoms with van der Waals surface area (Å²) in [6.45, 7) is 0.652. The van der Waals surface area contributed by atoms with E-state index in [0.29, 0.717) is 12.2 Å². The van der Waals surface area contributed by atoms with Crippen LogP contribution in [0.3, 0.4) is 0 Å². The Bertz CT molecular complexity index is 1010. The van der Waals surface area contributed by atoms with Crippen molar-refractivity contribution in [2.45, 2.75) is 6.54 Å². The molecule has 2 heterocycles. The number of anilines is 1. The number of nitrogens with one attached hydrogen (secondary N) is 1. The molecule has 2 aromatic heterocycles. The number of para-hydroxylation sites is 1. The molecule has 1 N–H and O–H groups in total. The number of carbonyl (C=O) groups excluding carboxylic acids is 1. The molecule has 26 heavy (non-hydrogen) atoms. The lowest BCUT2D eigenvalue weighted by molar-refractivity contribution is 0.102. The fraction of sp³-hybridized carbons (Fsp3) is 0.0500. The van der Waals surface area contributed by atoms with Gasteiger partial charge in [-0.05, 0) is 42.0 Å². The summed E-state index contributed by atoms with van der Waals surface area (Å²) < 4.78 is 3.52. The molecule has 6 heteroatoms. The molecule has 0 bridgehead atoms. The van der Waals surface area contributed by atoms with Gasteiger partial charge in [-0.2, -0.15) is 10.2 Å². The highest BCUT2D eigenvalue weighted by Gasteiger charge is 2.11. The second kappa shape index (κ2) is 7.06. The van der Waals surface area contributed by atoms with Crippen molar-refractivity contribution in [1.82, 2.24) is 19.6 Å². The van der Waals surface area contributed by atoms with E-state index in [-0.39, 0.29) is 5.91 Å². The summed E-state index contributed by atoms with van der Waals surface area (Å²) in [6.07, 6.45) is 5.43. The van der Waals surface area contributed by atoms with Crippen molar-refractivity contribution in [2.75, 3.05) is 5.32 Å². The van der Waals surface area contributed by atoms with Crippen LogP contribution in [0.15, 0.2) is 85.3 Å². The van der Waals surface area contributed by atoms with Crippen LogP contribution in [0.1, 0.15) is 16.1 Å². The van der Waals surface area contributed by atoms with E-state index < -0.39 is 0 Å². The summed E-state index contributed by atoms with van der Waals surface area (Å²) in [4.78, 5) is 12.5. The molecule has 1 amide bonds. The Hall–Kier alpha value is -3.67. The number of rotatable bonds is 5. The third-order valence-corrected chi connectivity index (χ3v) is 3.93. The van der Waals surface area contributed by atoms with Gasteiger partial charge in [-0.3, -0.25) is 9.48 Å². The molecular formula is C20H17N5O. The Labute approximate surface area is 150 Å². The van der Waals surface area contributed by atoms with Crippen molar-refractivity contribution >= 4 is 11.6 Å². The van der Waals surface area contributed by atoms with Crippen LogP contribution in [-0.2, 0) is 6.54 Å². The maximum absolute atomic E-state index is 12.5. The first-order valence-corrected chi connectivity index (χ1v) is 8.27. The van der Waals surface area contributed by atoms with Gasteiger partial charge in [0, 0.05) is 24.3 Å². The Kier molecular flexibility index (Phi) is 4.30.